The lowest BCUT2D eigenvalue weighted by molar-refractivity contribution is 0.0584. The van der Waals surface area contributed by atoms with Crippen molar-refractivity contribution < 1.29 is 14.1 Å². The van der Waals surface area contributed by atoms with Gasteiger partial charge in [-0.25, -0.2) is 4.79 Å². The average Bonchev–Trinajstić information content (AvgIpc) is 2.70. The molecular weight excluding hydrogens is 274 g/mol. The van der Waals surface area contributed by atoms with Crippen molar-refractivity contribution in [1.82, 2.24) is 0 Å². The third-order valence-corrected chi connectivity index (χ3v) is 3.81. The molecule has 1 aromatic carbocycles. The van der Waals surface area contributed by atoms with Crippen LogP contribution in [0.5, 0.6) is 0 Å². The number of carbonyl (C=O) groups is 1. The van der Waals surface area contributed by atoms with Gasteiger partial charge in [-0.05, 0) is 38.8 Å². The standard InChI is InChI=1S/C15H21NO3S/c1-15(2,3)19-14(17)16-9-8-12-11(10-20(4)18)6-5-7-13(12)16/h5-7H,8-10H2,1-4H3. The number of fused-ring (bicyclic) bond motifs is 1. The van der Waals surface area contributed by atoms with Crippen LogP contribution in [0, 0.1) is 0 Å². The summed E-state index contributed by atoms with van der Waals surface area (Å²) in [5.74, 6) is 0.533. The van der Waals surface area contributed by atoms with Gasteiger partial charge in [-0.2, -0.15) is 0 Å². The van der Waals surface area contributed by atoms with Crippen LogP contribution in [0.15, 0.2) is 18.2 Å². The van der Waals surface area contributed by atoms with Gasteiger partial charge in [-0.15, -0.1) is 0 Å². The van der Waals surface area contributed by atoms with E-state index in [-0.39, 0.29) is 6.09 Å². The van der Waals surface area contributed by atoms with E-state index in [1.54, 1.807) is 11.2 Å². The van der Waals surface area contributed by atoms with Crippen LogP contribution in [0.2, 0.25) is 0 Å². The highest BCUT2D eigenvalue weighted by Crippen LogP contribution is 2.32. The summed E-state index contributed by atoms with van der Waals surface area (Å²) in [4.78, 5) is 13.9. The summed E-state index contributed by atoms with van der Waals surface area (Å²) in [5.41, 5.74) is 2.58. The molecule has 1 aromatic rings. The SMILES string of the molecule is C[S+]([O-])Cc1cccc2c1CCN2C(=O)OC(C)(C)C. The topological polar surface area (TPSA) is 52.6 Å². The molecule has 1 aliphatic rings. The maximum Gasteiger partial charge on any atom is 0.414 e. The van der Waals surface area contributed by atoms with Crippen molar-refractivity contribution in [2.45, 2.75) is 38.5 Å². The first-order valence-corrected chi connectivity index (χ1v) is 8.42. The van der Waals surface area contributed by atoms with E-state index in [4.69, 9.17) is 4.74 Å². The summed E-state index contributed by atoms with van der Waals surface area (Å²) >= 11 is -0.881. The molecule has 0 saturated heterocycles. The maximum absolute atomic E-state index is 12.2. The van der Waals surface area contributed by atoms with Crippen molar-refractivity contribution >= 4 is 23.0 Å². The van der Waals surface area contributed by atoms with Crippen LogP contribution in [-0.4, -0.2) is 29.0 Å². The van der Waals surface area contributed by atoms with Gasteiger partial charge in [-0.1, -0.05) is 23.3 Å². The Labute approximate surface area is 123 Å². The molecule has 2 rings (SSSR count). The summed E-state index contributed by atoms with van der Waals surface area (Å²) in [6.07, 6.45) is 2.17. The number of hydrogen-bond donors (Lipinski definition) is 0. The van der Waals surface area contributed by atoms with E-state index in [1.807, 2.05) is 39.0 Å². The summed E-state index contributed by atoms with van der Waals surface area (Å²) in [5, 5.41) is 0. The van der Waals surface area contributed by atoms with Crippen molar-refractivity contribution in [3.05, 3.63) is 29.3 Å². The third kappa shape index (κ3) is 3.46. The van der Waals surface area contributed by atoms with E-state index >= 15 is 0 Å². The molecule has 0 aromatic heterocycles. The zero-order valence-corrected chi connectivity index (χ0v) is 13.3. The first-order chi connectivity index (χ1) is 9.28. The summed E-state index contributed by atoms with van der Waals surface area (Å²) in [6, 6.07) is 5.82. The average molecular weight is 295 g/mol. The van der Waals surface area contributed by atoms with Crippen LogP contribution >= 0.6 is 0 Å². The second kappa shape index (κ2) is 5.66. The Balaban J connectivity index is 2.23. The van der Waals surface area contributed by atoms with E-state index in [2.05, 4.69) is 0 Å². The minimum Gasteiger partial charge on any atom is -0.616 e. The molecule has 0 bridgehead atoms. The number of benzene rings is 1. The smallest absolute Gasteiger partial charge is 0.414 e. The lowest BCUT2D eigenvalue weighted by atomic mass is 10.1. The minimum absolute atomic E-state index is 0.314. The molecule has 0 N–H and O–H groups in total. The fraction of sp³-hybridized carbons (Fsp3) is 0.533. The van der Waals surface area contributed by atoms with E-state index in [0.29, 0.717) is 12.3 Å². The molecule has 1 aliphatic heterocycles. The molecule has 0 fully saturated rings. The van der Waals surface area contributed by atoms with Crippen LogP contribution < -0.4 is 4.90 Å². The summed E-state index contributed by atoms with van der Waals surface area (Å²) < 4.78 is 16.8. The molecule has 0 saturated carbocycles. The second-order valence-corrected chi connectivity index (χ2v) is 7.45. The second-order valence-electron chi connectivity index (χ2n) is 6.01. The molecule has 110 valence electrons. The van der Waals surface area contributed by atoms with Gasteiger partial charge in [0.2, 0.25) is 0 Å². The van der Waals surface area contributed by atoms with Gasteiger partial charge in [0.1, 0.15) is 11.4 Å². The Morgan fingerprint density at radius 2 is 2.15 bits per heavy atom. The molecule has 1 amide bonds. The maximum atomic E-state index is 12.2. The summed E-state index contributed by atoms with van der Waals surface area (Å²) in [6.45, 7) is 6.20. The number of anilines is 1. The van der Waals surface area contributed by atoms with Gasteiger partial charge in [0, 0.05) is 12.1 Å². The number of ether oxygens (including phenoxy) is 1. The van der Waals surface area contributed by atoms with Crippen molar-refractivity contribution in [2.75, 3.05) is 17.7 Å². The van der Waals surface area contributed by atoms with Gasteiger partial charge >= 0.3 is 6.09 Å². The zero-order valence-electron chi connectivity index (χ0n) is 12.4. The van der Waals surface area contributed by atoms with E-state index < -0.39 is 16.8 Å². The van der Waals surface area contributed by atoms with Crippen LogP contribution in [0.1, 0.15) is 31.9 Å². The fourth-order valence-corrected chi connectivity index (χ4v) is 3.08. The number of hydrogen-bond acceptors (Lipinski definition) is 3. The fourth-order valence-electron chi connectivity index (χ4n) is 2.37. The predicted molar refractivity (Wildman–Crippen MR) is 81.5 cm³/mol. The predicted octanol–water partition coefficient (Wildman–Crippen LogP) is 2.86. The monoisotopic (exact) mass is 295 g/mol. The number of rotatable bonds is 2. The number of nitrogens with zero attached hydrogens (tertiary/aromatic N) is 1. The van der Waals surface area contributed by atoms with E-state index in [0.717, 1.165) is 23.2 Å². The van der Waals surface area contributed by atoms with Crippen molar-refractivity contribution in [3.8, 4) is 0 Å². The molecule has 5 heteroatoms. The Hall–Kier alpha value is -1.20. The quantitative estimate of drug-likeness (QED) is 0.788. The number of amides is 1. The van der Waals surface area contributed by atoms with Gasteiger partial charge < -0.3 is 9.29 Å². The Bertz CT molecular complexity index is 508. The highest BCUT2D eigenvalue weighted by molar-refractivity contribution is 7.89. The van der Waals surface area contributed by atoms with Crippen LogP contribution in [0.3, 0.4) is 0 Å². The van der Waals surface area contributed by atoms with Crippen molar-refractivity contribution in [3.63, 3.8) is 0 Å². The Morgan fingerprint density at radius 3 is 2.75 bits per heavy atom. The van der Waals surface area contributed by atoms with Gasteiger partial charge in [0.25, 0.3) is 0 Å². The van der Waals surface area contributed by atoms with Crippen LogP contribution in [-0.2, 0) is 28.1 Å². The highest BCUT2D eigenvalue weighted by atomic mass is 32.2. The Morgan fingerprint density at radius 1 is 1.45 bits per heavy atom. The molecule has 4 nitrogen and oxygen atoms in total. The van der Waals surface area contributed by atoms with E-state index in [9.17, 15) is 9.35 Å². The largest absolute Gasteiger partial charge is 0.616 e. The molecule has 1 heterocycles. The van der Waals surface area contributed by atoms with Gasteiger partial charge in [-0.3, -0.25) is 4.90 Å². The molecule has 20 heavy (non-hydrogen) atoms. The van der Waals surface area contributed by atoms with Gasteiger partial charge in [0.15, 0.2) is 0 Å². The van der Waals surface area contributed by atoms with Crippen LogP contribution in [0.25, 0.3) is 0 Å². The normalized spacial score (nSPS) is 15.9. The molecule has 0 spiro atoms. The van der Waals surface area contributed by atoms with Crippen molar-refractivity contribution in [1.29, 1.82) is 0 Å². The van der Waals surface area contributed by atoms with Crippen LogP contribution in [0.4, 0.5) is 10.5 Å². The first kappa shape index (κ1) is 15.2. The number of carbonyl (C=O) groups excluding carboxylic acids is 1. The lowest BCUT2D eigenvalue weighted by Gasteiger charge is -2.24. The summed E-state index contributed by atoms with van der Waals surface area (Å²) in [7, 11) is 0. The third-order valence-electron chi connectivity index (χ3n) is 3.10. The minimum atomic E-state index is -0.881. The van der Waals surface area contributed by atoms with Gasteiger partial charge in [0.05, 0.1) is 11.9 Å². The molecular formula is C15H21NO3S. The lowest BCUT2D eigenvalue weighted by Crippen LogP contribution is -2.35. The Kier molecular flexibility index (Phi) is 4.30. The first-order valence-electron chi connectivity index (χ1n) is 6.69. The zero-order chi connectivity index (χ0) is 14.9. The molecule has 1 unspecified atom stereocenters. The molecule has 0 radical (unpaired) electrons. The van der Waals surface area contributed by atoms with E-state index in [1.165, 1.54) is 0 Å². The molecule has 0 aliphatic carbocycles. The molecule has 1 atom stereocenters. The highest BCUT2D eigenvalue weighted by Gasteiger charge is 2.30. The van der Waals surface area contributed by atoms with Crippen molar-refractivity contribution in [2.24, 2.45) is 0 Å².